The molecule has 160 valence electrons. The Morgan fingerprint density at radius 3 is 2.38 bits per heavy atom. The second kappa shape index (κ2) is 8.99. The molecule has 0 aliphatic carbocycles. The van der Waals surface area contributed by atoms with Crippen molar-refractivity contribution in [2.24, 2.45) is 0 Å². The molecule has 2 aromatic carbocycles. The van der Waals surface area contributed by atoms with Gasteiger partial charge in [-0.1, -0.05) is 48.0 Å². The third-order valence-corrected chi connectivity index (χ3v) is 4.85. The quantitative estimate of drug-likeness (QED) is 0.468. The Hall–Kier alpha value is -4.04. The van der Waals surface area contributed by atoms with Gasteiger partial charge in [-0.3, -0.25) is 9.59 Å². The summed E-state index contributed by atoms with van der Waals surface area (Å²) in [6, 6.07) is 18.4. The van der Waals surface area contributed by atoms with E-state index in [1.807, 2.05) is 0 Å². The summed E-state index contributed by atoms with van der Waals surface area (Å²) in [5.41, 5.74) is 0.0492. The zero-order chi connectivity index (χ0) is 22.7. The van der Waals surface area contributed by atoms with E-state index in [-0.39, 0.29) is 17.1 Å². The maximum atomic E-state index is 13.0. The van der Waals surface area contributed by atoms with E-state index in [1.165, 1.54) is 19.2 Å². The molecular weight excluding hydrogens is 432 g/mol. The minimum atomic E-state index is -1.14. The molecule has 32 heavy (non-hydrogen) atoms. The summed E-state index contributed by atoms with van der Waals surface area (Å²) < 4.78 is 6.49. The van der Waals surface area contributed by atoms with Crippen LogP contribution in [0.25, 0.3) is 16.5 Å². The maximum absolute atomic E-state index is 13.0. The normalized spacial score (nSPS) is 11.7. The zero-order valence-corrected chi connectivity index (χ0v) is 17.6. The first-order valence-electron chi connectivity index (χ1n) is 9.65. The van der Waals surface area contributed by atoms with Crippen molar-refractivity contribution in [2.45, 2.75) is 13.0 Å². The van der Waals surface area contributed by atoms with Gasteiger partial charge in [-0.15, -0.1) is 0 Å². The van der Waals surface area contributed by atoms with Crippen molar-refractivity contribution in [2.75, 3.05) is 5.32 Å². The highest BCUT2D eigenvalue weighted by Gasteiger charge is 2.24. The van der Waals surface area contributed by atoms with Gasteiger partial charge in [-0.2, -0.15) is 9.78 Å². The van der Waals surface area contributed by atoms with Crippen molar-refractivity contribution in [1.29, 1.82) is 0 Å². The molecule has 4 rings (SSSR count). The largest absolute Gasteiger partial charge is 0.448 e. The lowest BCUT2D eigenvalue weighted by atomic mass is 10.1. The van der Waals surface area contributed by atoms with E-state index in [2.05, 4.69) is 15.4 Å². The van der Waals surface area contributed by atoms with E-state index in [9.17, 15) is 14.4 Å². The summed E-state index contributed by atoms with van der Waals surface area (Å²) in [7, 11) is 0. The van der Waals surface area contributed by atoms with Gasteiger partial charge in [0.1, 0.15) is 5.82 Å². The lowest BCUT2D eigenvalue weighted by molar-refractivity contribution is -0.123. The van der Waals surface area contributed by atoms with Crippen molar-refractivity contribution in [3.63, 3.8) is 0 Å². The first kappa shape index (κ1) is 21.2. The number of carbonyl (C=O) groups excluding carboxylic acids is 2. The lowest BCUT2D eigenvalue weighted by Gasteiger charge is -2.15. The molecule has 0 aliphatic rings. The zero-order valence-electron chi connectivity index (χ0n) is 16.9. The highest BCUT2D eigenvalue weighted by Crippen LogP contribution is 2.17. The fourth-order valence-electron chi connectivity index (χ4n) is 3.03. The number of halogens is 1. The van der Waals surface area contributed by atoms with E-state index in [0.29, 0.717) is 21.5 Å². The van der Waals surface area contributed by atoms with Crippen LogP contribution in [0.2, 0.25) is 5.02 Å². The molecule has 0 bridgehead atoms. The van der Waals surface area contributed by atoms with Crippen LogP contribution in [-0.2, 0) is 9.53 Å². The Balaban J connectivity index is 1.64. The van der Waals surface area contributed by atoms with Gasteiger partial charge in [0, 0.05) is 11.6 Å². The highest BCUT2D eigenvalue weighted by atomic mass is 35.5. The predicted molar refractivity (Wildman–Crippen MR) is 120 cm³/mol. The minimum Gasteiger partial charge on any atom is -0.448 e. The number of carbonyl (C=O) groups is 2. The van der Waals surface area contributed by atoms with E-state index in [1.54, 1.807) is 60.7 Å². The van der Waals surface area contributed by atoms with E-state index >= 15 is 0 Å². The Morgan fingerprint density at radius 2 is 1.69 bits per heavy atom. The molecule has 0 saturated carbocycles. The molecule has 0 aliphatic heterocycles. The summed E-state index contributed by atoms with van der Waals surface area (Å²) >= 11 is 5.79. The number of hydrogen-bond acceptors (Lipinski definition) is 6. The minimum absolute atomic E-state index is 0.0756. The third kappa shape index (κ3) is 4.35. The first-order valence-corrected chi connectivity index (χ1v) is 10.0. The molecule has 1 amide bonds. The average Bonchev–Trinajstić information content (AvgIpc) is 2.81. The van der Waals surface area contributed by atoms with Gasteiger partial charge in [-0.25, -0.2) is 9.78 Å². The average molecular weight is 449 g/mol. The smallest absolute Gasteiger partial charge is 0.360 e. The Labute approximate surface area is 187 Å². The number of benzene rings is 2. The van der Waals surface area contributed by atoms with Crippen LogP contribution in [0.4, 0.5) is 5.82 Å². The van der Waals surface area contributed by atoms with Gasteiger partial charge in [0.15, 0.2) is 11.8 Å². The molecule has 0 radical (unpaired) electrons. The second-order valence-electron chi connectivity index (χ2n) is 6.85. The van der Waals surface area contributed by atoms with Crippen LogP contribution < -0.4 is 10.9 Å². The van der Waals surface area contributed by atoms with Crippen molar-refractivity contribution >= 4 is 40.1 Å². The number of nitrogens with one attached hydrogen (secondary N) is 1. The van der Waals surface area contributed by atoms with Gasteiger partial charge >= 0.3 is 5.97 Å². The summed E-state index contributed by atoms with van der Waals surface area (Å²) in [4.78, 5) is 42.3. The summed E-state index contributed by atoms with van der Waals surface area (Å²) in [6.45, 7) is 1.43. The van der Waals surface area contributed by atoms with Gasteiger partial charge in [-0.05, 0) is 37.3 Å². The molecule has 2 aromatic heterocycles. The number of para-hydroxylation sites is 1. The van der Waals surface area contributed by atoms with Gasteiger partial charge in [0.25, 0.3) is 11.5 Å². The molecule has 0 fully saturated rings. The van der Waals surface area contributed by atoms with Crippen molar-refractivity contribution < 1.29 is 14.3 Å². The molecule has 0 unspecified atom stereocenters. The Kier molecular flexibility index (Phi) is 5.96. The lowest BCUT2D eigenvalue weighted by Crippen LogP contribution is -2.32. The molecule has 0 spiro atoms. The Bertz CT molecular complexity index is 1350. The number of anilines is 1. The molecule has 1 atom stereocenters. The van der Waals surface area contributed by atoms with Crippen molar-refractivity contribution in [1.82, 2.24) is 14.8 Å². The SMILES string of the molecule is C[C@@H](OC(=O)c1nn(-c2ccccc2)c(=O)c2ccccc12)C(=O)Nc1ccc(Cl)cn1. The first-order chi connectivity index (χ1) is 15.4. The number of rotatable bonds is 5. The number of aromatic nitrogens is 3. The fraction of sp³-hybridized carbons (Fsp3) is 0.0870. The summed E-state index contributed by atoms with van der Waals surface area (Å²) in [6.07, 6.45) is 0.245. The molecular formula is C23H17ClN4O4. The highest BCUT2D eigenvalue weighted by molar-refractivity contribution is 6.30. The van der Waals surface area contributed by atoms with Crippen LogP contribution in [0, 0.1) is 0 Å². The van der Waals surface area contributed by atoms with E-state index in [0.717, 1.165) is 4.68 Å². The number of fused-ring (bicyclic) bond motifs is 1. The standard InChI is InChI=1S/C23H17ClN4O4/c1-14(21(29)26-19-12-11-15(24)13-25-19)32-23(31)20-17-9-5-6-10-18(17)22(30)28(27-20)16-7-3-2-4-8-16/h2-14H,1H3,(H,25,26,29)/t14-/m1/s1. The second-order valence-corrected chi connectivity index (χ2v) is 7.28. The topological polar surface area (TPSA) is 103 Å². The van der Waals surface area contributed by atoms with E-state index in [4.69, 9.17) is 16.3 Å². The van der Waals surface area contributed by atoms with Crippen LogP contribution in [0.3, 0.4) is 0 Å². The number of pyridine rings is 1. The summed E-state index contributed by atoms with van der Waals surface area (Å²) in [5.74, 6) is -1.14. The molecule has 4 aromatic rings. The molecule has 0 saturated heterocycles. The Morgan fingerprint density at radius 1 is 1.00 bits per heavy atom. The van der Waals surface area contributed by atoms with Gasteiger partial charge in [0.2, 0.25) is 0 Å². The summed E-state index contributed by atoms with van der Waals surface area (Å²) in [5, 5.41) is 7.86. The molecule has 1 N–H and O–H groups in total. The number of esters is 1. The predicted octanol–water partition coefficient (Wildman–Crippen LogP) is 3.62. The maximum Gasteiger partial charge on any atom is 0.360 e. The van der Waals surface area contributed by atoms with Gasteiger partial charge in [0.05, 0.1) is 16.1 Å². The van der Waals surface area contributed by atoms with Crippen LogP contribution in [0.15, 0.2) is 77.7 Å². The number of hydrogen-bond donors (Lipinski definition) is 1. The van der Waals surface area contributed by atoms with Crippen LogP contribution in [-0.4, -0.2) is 32.7 Å². The number of ether oxygens (including phenoxy) is 1. The van der Waals surface area contributed by atoms with Crippen LogP contribution in [0.5, 0.6) is 0 Å². The fourth-order valence-corrected chi connectivity index (χ4v) is 3.14. The molecule has 8 nitrogen and oxygen atoms in total. The molecule has 2 heterocycles. The third-order valence-electron chi connectivity index (χ3n) is 4.63. The number of nitrogens with zero attached hydrogens (tertiary/aromatic N) is 3. The van der Waals surface area contributed by atoms with Crippen molar-refractivity contribution in [3.05, 3.63) is 94.0 Å². The monoisotopic (exact) mass is 448 g/mol. The van der Waals surface area contributed by atoms with Crippen LogP contribution >= 0.6 is 11.6 Å². The number of amides is 1. The van der Waals surface area contributed by atoms with Crippen molar-refractivity contribution in [3.8, 4) is 5.69 Å². The van der Waals surface area contributed by atoms with Gasteiger partial charge < -0.3 is 10.1 Å². The molecule has 9 heteroatoms. The van der Waals surface area contributed by atoms with Crippen LogP contribution in [0.1, 0.15) is 17.4 Å². The van der Waals surface area contributed by atoms with E-state index < -0.39 is 18.0 Å².